The number of ketones is 1. The molecule has 1 aromatic rings. The largest absolute Gasteiger partial charge is 0.454 e. The Kier molecular flexibility index (Phi) is 6.76. The zero-order chi connectivity index (χ0) is 23.8. The van der Waals surface area contributed by atoms with Crippen LogP contribution in [-0.4, -0.2) is 86.6 Å². The smallest absolute Gasteiger partial charge is 0.254 e. The number of hydrogen-bond acceptors (Lipinski definition) is 9. The summed E-state index contributed by atoms with van der Waals surface area (Å²) in [5.41, 5.74) is 1.68. The van der Waals surface area contributed by atoms with Gasteiger partial charge in [-0.15, -0.1) is 0 Å². The zero-order valence-electron chi connectivity index (χ0n) is 19.4. The predicted octanol–water partition coefficient (Wildman–Crippen LogP) is 1.12. The lowest BCUT2D eigenvalue weighted by atomic mass is 9.86. The SMILES string of the molecule is COC[C@H]1O[C@@H](O[C@@H]2CC(=O)[C@H]3CCN(Cc4cc5c(cc43)OCO5)C(=O)[C@H]2O)CC[C@@H]1OC. The van der Waals surface area contributed by atoms with Gasteiger partial charge in [-0.3, -0.25) is 9.59 Å². The van der Waals surface area contributed by atoms with Crippen LogP contribution in [0.2, 0.25) is 0 Å². The van der Waals surface area contributed by atoms with Crippen molar-refractivity contribution in [2.45, 2.75) is 68.9 Å². The van der Waals surface area contributed by atoms with Crippen molar-refractivity contribution < 1.29 is 43.1 Å². The van der Waals surface area contributed by atoms with E-state index in [1.807, 2.05) is 12.1 Å². The summed E-state index contributed by atoms with van der Waals surface area (Å²) in [4.78, 5) is 28.4. The maximum Gasteiger partial charge on any atom is 0.254 e. The highest BCUT2D eigenvalue weighted by Gasteiger charge is 2.42. The van der Waals surface area contributed by atoms with Gasteiger partial charge >= 0.3 is 0 Å². The molecule has 34 heavy (non-hydrogen) atoms. The lowest BCUT2D eigenvalue weighted by Gasteiger charge is -2.37. The van der Waals surface area contributed by atoms with Crippen LogP contribution in [0.15, 0.2) is 12.1 Å². The minimum Gasteiger partial charge on any atom is -0.454 e. The Labute approximate surface area is 198 Å². The highest BCUT2D eigenvalue weighted by Crippen LogP contribution is 2.41. The van der Waals surface area contributed by atoms with E-state index < -0.39 is 30.3 Å². The first-order chi connectivity index (χ1) is 16.5. The molecule has 4 aliphatic rings. The monoisotopic (exact) mass is 477 g/mol. The third-order valence-electron chi connectivity index (χ3n) is 7.15. The van der Waals surface area contributed by atoms with Gasteiger partial charge in [-0.25, -0.2) is 0 Å². The molecule has 4 heterocycles. The summed E-state index contributed by atoms with van der Waals surface area (Å²) in [5, 5.41) is 11.0. The van der Waals surface area contributed by atoms with Crippen LogP contribution in [0.1, 0.15) is 42.7 Å². The fraction of sp³-hybridized carbons (Fsp3) is 0.667. The van der Waals surface area contributed by atoms with Crippen LogP contribution >= 0.6 is 0 Å². The molecule has 2 saturated heterocycles. The second-order valence-corrected chi connectivity index (χ2v) is 9.21. The normalized spacial score (nSPS) is 33.2. The molecule has 6 atom stereocenters. The molecule has 2 fully saturated rings. The first kappa shape index (κ1) is 23.5. The van der Waals surface area contributed by atoms with Gasteiger partial charge in [-0.05, 0) is 36.1 Å². The Morgan fingerprint density at radius 2 is 1.88 bits per heavy atom. The van der Waals surface area contributed by atoms with E-state index in [1.54, 1.807) is 19.1 Å². The van der Waals surface area contributed by atoms with Crippen LogP contribution in [0.5, 0.6) is 11.5 Å². The molecule has 1 N–H and O–H groups in total. The van der Waals surface area contributed by atoms with Crippen LogP contribution in [-0.2, 0) is 35.1 Å². The number of nitrogens with zero attached hydrogens (tertiary/aromatic N) is 1. The number of Topliss-reactive ketones (excluding diaryl/α,β-unsaturated/α-hetero) is 1. The number of methoxy groups -OCH3 is 2. The van der Waals surface area contributed by atoms with Crippen molar-refractivity contribution in [2.75, 3.05) is 34.2 Å². The first-order valence-corrected chi connectivity index (χ1v) is 11.7. The maximum atomic E-state index is 13.5. The number of amides is 1. The van der Waals surface area contributed by atoms with Crippen LogP contribution in [0.25, 0.3) is 0 Å². The van der Waals surface area contributed by atoms with Crippen LogP contribution in [0.3, 0.4) is 0 Å². The van der Waals surface area contributed by atoms with Crippen LogP contribution in [0.4, 0.5) is 0 Å². The van der Waals surface area contributed by atoms with E-state index in [0.29, 0.717) is 43.9 Å². The molecule has 10 heteroatoms. The molecule has 0 unspecified atom stereocenters. The standard InChI is InChI=1S/C24H31NO9/c1-29-11-21-17(30-2)3-4-22(34-21)33-20-9-16(26)14-5-6-25(24(28)23(20)27)10-13-7-18-19(8-15(13)14)32-12-31-18/h7-8,14,17,20-23,27H,3-6,9-12H2,1-2H3/t14-,17-,20+,21+,22+,23-/m0/s1. The molecular formula is C24H31NO9. The highest BCUT2D eigenvalue weighted by atomic mass is 16.7. The summed E-state index contributed by atoms with van der Waals surface area (Å²) >= 11 is 0. The van der Waals surface area contributed by atoms with E-state index in [0.717, 1.165) is 11.1 Å². The van der Waals surface area contributed by atoms with Gasteiger partial charge in [0.25, 0.3) is 5.91 Å². The summed E-state index contributed by atoms with van der Waals surface area (Å²) in [6.07, 6.45) is -2.06. The number of carbonyl (C=O) groups excluding carboxylic acids is 2. The van der Waals surface area contributed by atoms with Crippen molar-refractivity contribution in [3.05, 3.63) is 23.3 Å². The van der Waals surface area contributed by atoms with Gasteiger partial charge in [0, 0.05) is 46.1 Å². The number of ether oxygens (including phenoxy) is 6. The number of aliphatic hydroxyl groups is 1. The average molecular weight is 478 g/mol. The number of rotatable bonds is 5. The maximum absolute atomic E-state index is 13.5. The van der Waals surface area contributed by atoms with Crippen molar-refractivity contribution in [2.24, 2.45) is 0 Å². The number of carbonyl (C=O) groups is 2. The number of benzene rings is 1. The van der Waals surface area contributed by atoms with E-state index in [4.69, 9.17) is 28.4 Å². The summed E-state index contributed by atoms with van der Waals surface area (Å²) in [6, 6.07) is 3.69. The Hall–Kier alpha value is -2.24. The van der Waals surface area contributed by atoms with Gasteiger partial charge in [0.2, 0.25) is 6.79 Å². The average Bonchev–Trinajstić information content (AvgIpc) is 3.21. The Balaban J connectivity index is 1.39. The van der Waals surface area contributed by atoms with Crippen LogP contribution in [0, 0.1) is 0 Å². The molecule has 1 aromatic carbocycles. The van der Waals surface area contributed by atoms with Crippen LogP contribution < -0.4 is 9.47 Å². The van der Waals surface area contributed by atoms with Crippen molar-refractivity contribution >= 4 is 11.7 Å². The molecular weight excluding hydrogens is 446 g/mol. The Morgan fingerprint density at radius 1 is 1.09 bits per heavy atom. The molecule has 1 amide bonds. The second-order valence-electron chi connectivity index (χ2n) is 9.21. The van der Waals surface area contributed by atoms with Crippen molar-refractivity contribution in [1.29, 1.82) is 0 Å². The van der Waals surface area contributed by atoms with Crippen molar-refractivity contribution in [1.82, 2.24) is 4.90 Å². The second kappa shape index (κ2) is 9.79. The lowest BCUT2D eigenvalue weighted by Crippen LogP contribution is -2.49. The summed E-state index contributed by atoms with van der Waals surface area (Å²) in [5.74, 6) is 0.244. The Bertz CT molecular complexity index is 937. The van der Waals surface area contributed by atoms with Gasteiger partial charge in [0.05, 0.1) is 12.7 Å². The third-order valence-corrected chi connectivity index (χ3v) is 7.15. The zero-order valence-corrected chi connectivity index (χ0v) is 19.4. The number of hydrogen-bond donors (Lipinski definition) is 1. The predicted molar refractivity (Wildman–Crippen MR) is 116 cm³/mol. The van der Waals surface area contributed by atoms with Gasteiger partial charge in [0.1, 0.15) is 18.0 Å². The van der Waals surface area contributed by atoms with Gasteiger partial charge in [-0.2, -0.15) is 0 Å². The molecule has 0 radical (unpaired) electrons. The fourth-order valence-electron chi connectivity index (χ4n) is 5.34. The van der Waals surface area contributed by atoms with E-state index >= 15 is 0 Å². The molecule has 0 aromatic heterocycles. The third kappa shape index (κ3) is 4.40. The summed E-state index contributed by atoms with van der Waals surface area (Å²) < 4.78 is 33.8. The summed E-state index contributed by atoms with van der Waals surface area (Å²) in [7, 11) is 3.20. The van der Waals surface area contributed by atoms with Gasteiger partial charge < -0.3 is 38.4 Å². The lowest BCUT2D eigenvalue weighted by molar-refractivity contribution is -0.258. The Morgan fingerprint density at radius 3 is 2.65 bits per heavy atom. The van der Waals surface area contributed by atoms with Gasteiger partial charge in [-0.1, -0.05) is 0 Å². The van der Waals surface area contributed by atoms with E-state index in [1.165, 1.54) is 0 Å². The van der Waals surface area contributed by atoms with E-state index in [2.05, 4.69) is 0 Å². The number of fused-ring (bicyclic) bond motifs is 6. The fourth-order valence-corrected chi connectivity index (χ4v) is 5.34. The van der Waals surface area contributed by atoms with Crippen molar-refractivity contribution in [3.8, 4) is 11.5 Å². The van der Waals surface area contributed by atoms with E-state index in [9.17, 15) is 14.7 Å². The summed E-state index contributed by atoms with van der Waals surface area (Å²) in [6.45, 7) is 1.10. The first-order valence-electron chi connectivity index (χ1n) is 11.7. The molecule has 0 saturated carbocycles. The minimum atomic E-state index is -1.47. The molecule has 10 nitrogen and oxygen atoms in total. The molecule has 0 aliphatic carbocycles. The van der Waals surface area contributed by atoms with Crippen molar-refractivity contribution in [3.63, 3.8) is 0 Å². The number of aliphatic hydroxyl groups excluding tert-OH is 1. The minimum absolute atomic E-state index is 0.0836. The molecule has 186 valence electrons. The van der Waals surface area contributed by atoms with E-state index in [-0.39, 0.29) is 37.7 Å². The highest BCUT2D eigenvalue weighted by molar-refractivity contribution is 5.90. The molecule has 2 bridgehead atoms. The molecule has 4 aliphatic heterocycles. The molecule has 5 rings (SSSR count). The van der Waals surface area contributed by atoms with Gasteiger partial charge in [0.15, 0.2) is 23.9 Å². The quantitative estimate of drug-likeness (QED) is 0.666. The molecule has 0 spiro atoms. The topological polar surface area (TPSA) is 113 Å².